The summed E-state index contributed by atoms with van der Waals surface area (Å²) in [6.45, 7) is 4.10. The fourth-order valence-electron chi connectivity index (χ4n) is 1.05. The van der Waals surface area contributed by atoms with Gasteiger partial charge < -0.3 is 15.2 Å². The zero-order valence-corrected chi connectivity index (χ0v) is 11.1. The van der Waals surface area contributed by atoms with Crippen LogP contribution in [0.25, 0.3) is 0 Å². The molecule has 100 valence electrons. The van der Waals surface area contributed by atoms with Gasteiger partial charge in [-0.1, -0.05) is 6.92 Å². The average Bonchev–Trinajstić information content (AvgIpc) is 2.82. The van der Waals surface area contributed by atoms with E-state index in [1.54, 1.807) is 0 Å². The number of carboxylic acid groups (broad SMARTS) is 1. The van der Waals surface area contributed by atoms with Crippen LogP contribution in [0.1, 0.15) is 35.8 Å². The van der Waals surface area contributed by atoms with E-state index in [1.165, 1.54) is 16.7 Å². The third-order valence-corrected chi connectivity index (χ3v) is 3.13. The van der Waals surface area contributed by atoms with Crippen LogP contribution in [0.5, 0.6) is 0 Å². The summed E-state index contributed by atoms with van der Waals surface area (Å²) in [5, 5.41) is 13.3. The van der Waals surface area contributed by atoms with E-state index < -0.39 is 5.97 Å². The molecule has 7 heteroatoms. The monoisotopic (exact) mass is 272 g/mol. The Balaban J connectivity index is 2.31. The Morgan fingerprint density at radius 1 is 1.61 bits per heavy atom. The maximum atomic E-state index is 11.4. The fourth-order valence-corrected chi connectivity index (χ4v) is 1.76. The molecular weight excluding hydrogens is 256 g/mol. The number of hydrogen-bond donors (Lipinski definition) is 2. The SMILES string of the molecule is CCC(C)OCC(=O)NCc1nc(C(=O)O)cs1. The number of hydrogen-bond acceptors (Lipinski definition) is 5. The Morgan fingerprint density at radius 3 is 2.89 bits per heavy atom. The molecule has 1 unspecified atom stereocenters. The first-order valence-corrected chi connectivity index (χ1v) is 6.46. The second kappa shape index (κ2) is 7.07. The topological polar surface area (TPSA) is 88.5 Å². The number of nitrogens with zero attached hydrogens (tertiary/aromatic N) is 1. The Morgan fingerprint density at radius 2 is 2.33 bits per heavy atom. The molecule has 18 heavy (non-hydrogen) atoms. The Labute approximate surface area is 109 Å². The van der Waals surface area contributed by atoms with Crippen molar-refractivity contribution in [2.24, 2.45) is 0 Å². The fraction of sp³-hybridized carbons (Fsp3) is 0.545. The summed E-state index contributed by atoms with van der Waals surface area (Å²) in [4.78, 5) is 25.9. The van der Waals surface area contributed by atoms with Crippen molar-refractivity contribution in [2.75, 3.05) is 6.61 Å². The van der Waals surface area contributed by atoms with Gasteiger partial charge in [0.25, 0.3) is 0 Å². The predicted molar refractivity (Wildman–Crippen MR) is 66.6 cm³/mol. The van der Waals surface area contributed by atoms with Crippen molar-refractivity contribution in [3.05, 3.63) is 16.1 Å². The molecule has 1 atom stereocenters. The first-order valence-electron chi connectivity index (χ1n) is 5.59. The van der Waals surface area contributed by atoms with Crippen molar-refractivity contribution >= 4 is 23.2 Å². The Hall–Kier alpha value is -1.47. The molecule has 0 aliphatic carbocycles. The first kappa shape index (κ1) is 14.6. The smallest absolute Gasteiger partial charge is 0.355 e. The van der Waals surface area contributed by atoms with Gasteiger partial charge in [-0.2, -0.15) is 0 Å². The molecule has 0 fully saturated rings. The Bertz CT molecular complexity index is 419. The second-order valence-corrected chi connectivity index (χ2v) is 4.68. The number of nitrogens with one attached hydrogen (secondary N) is 1. The first-order chi connectivity index (χ1) is 8.52. The third-order valence-electron chi connectivity index (χ3n) is 2.28. The number of aromatic carboxylic acids is 1. The maximum absolute atomic E-state index is 11.4. The van der Waals surface area contributed by atoms with Gasteiger partial charge in [0.2, 0.25) is 5.91 Å². The zero-order chi connectivity index (χ0) is 13.5. The molecule has 6 nitrogen and oxygen atoms in total. The largest absolute Gasteiger partial charge is 0.476 e. The molecule has 0 aromatic carbocycles. The molecule has 1 aromatic rings. The molecule has 0 aliphatic heterocycles. The van der Waals surface area contributed by atoms with Crippen LogP contribution in [0.2, 0.25) is 0 Å². The van der Waals surface area contributed by atoms with Crippen LogP contribution in [0, 0.1) is 0 Å². The van der Waals surface area contributed by atoms with Gasteiger partial charge in [0.05, 0.1) is 12.6 Å². The molecular formula is C11H16N2O4S. The normalized spacial score (nSPS) is 12.1. The molecule has 0 bridgehead atoms. The van der Waals surface area contributed by atoms with Gasteiger partial charge in [-0.15, -0.1) is 11.3 Å². The standard InChI is InChI=1S/C11H16N2O4S/c1-3-7(2)17-5-9(14)12-4-10-13-8(6-18-10)11(15)16/h6-7H,3-5H2,1-2H3,(H,12,14)(H,15,16). The van der Waals surface area contributed by atoms with E-state index in [2.05, 4.69) is 10.3 Å². The van der Waals surface area contributed by atoms with Crippen LogP contribution < -0.4 is 5.32 Å². The van der Waals surface area contributed by atoms with Crippen LogP contribution in [0.15, 0.2) is 5.38 Å². The highest BCUT2D eigenvalue weighted by Gasteiger charge is 2.10. The summed E-state index contributed by atoms with van der Waals surface area (Å²) in [5.41, 5.74) is 0.0000965. The Kier molecular flexibility index (Phi) is 5.73. The van der Waals surface area contributed by atoms with E-state index in [0.717, 1.165) is 6.42 Å². The highest BCUT2D eigenvalue weighted by atomic mass is 32.1. The predicted octanol–water partition coefficient (Wildman–Crippen LogP) is 1.27. The minimum atomic E-state index is -1.07. The summed E-state index contributed by atoms with van der Waals surface area (Å²) in [5.74, 6) is -1.30. The molecule has 1 aromatic heterocycles. The summed E-state index contributed by atoms with van der Waals surface area (Å²) in [7, 11) is 0. The lowest BCUT2D eigenvalue weighted by atomic mass is 10.3. The summed E-state index contributed by atoms with van der Waals surface area (Å²) in [6, 6.07) is 0. The second-order valence-electron chi connectivity index (χ2n) is 3.74. The lowest BCUT2D eigenvalue weighted by Gasteiger charge is -2.09. The summed E-state index contributed by atoms with van der Waals surface area (Å²) >= 11 is 1.20. The van der Waals surface area contributed by atoms with Gasteiger partial charge in [-0.3, -0.25) is 4.79 Å². The van der Waals surface area contributed by atoms with Crippen molar-refractivity contribution in [2.45, 2.75) is 32.9 Å². The quantitative estimate of drug-likeness (QED) is 0.780. The summed E-state index contributed by atoms with van der Waals surface area (Å²) < 4.78 is 5.26. The van der Waals surface area contributed by atoms with Crippen LogP contribution >= 0.6 is 11.3 Å². The summed E-state index contributed by atoms with van der Waals surface area (Å²) in [6.07, 6.45) is 0.899. The number of carboxylic acids is 1. The van der Waals surface area contributed by atoms with E-state index in [0.29, 0.717) is 5.01 Å². The van der Waals surface area contributed by atoms with Gasteiger partial charge in [0.15, 0.2) is 5.69 Å². The molecule has 1 rings (SSSR count). The number of aromatic nitrogens is 1. The number of carbonyl (C=O) groups excluding carboxylic acids is 1. The van der Waals surface area contributed by atoms with Crippen molar-refractivity contribution in [1.82, 2.24) is 10.3 Å². The van der Waals surface area contributed by atoms with Crippen molar-refractivity contribution < 1.29 is 19.4 Å². The third kappa shape index (κ3) is 4.80. The van der Waals surface area contributed by atoms with Gasteiger partial charge in [0.1, 0.15) is 11.6 Å². The molecule has 0 radical (unpaired) electrons. The number of thiazole rings is 1. The highest BCUT2D eigenvalue weighted by molar-refractivity contribution is 7.09. The van der Waals surface area contributed by atoms with Crippen LogP contribution in [-0.4, -0.2) is 34.7 Å². The molecule has 0 spiro atoms. The van der Waals surface area contributed by atoms with E-state index in [1.807, 2.05) is 13.8 Å². The van der Waals surface area contributed by atoms with Gasteiger partial charge >= 0.3 is 5.97 Å². The van der Waals surface area contributed by atoms with Crippen LogP contribution in [-0.2, 0) is 16.1 Å². The van der Waals surface area contributed by atoms with E-state index in [9.17, 15) is 9.59 Å². The van der Waals surface area contributed by atoms with Gasteiger partial charge in [-0.25, -0.2) is 9.78 Å². The van der Waals surface area contributed by atoms with E-state index >= 15 is 0 Å². The van der Waals surface area contributed by atoms with Gasteiger partial charge in [0, 0.05) is 5.38 Å². The lowest BCUT2D eigenvalue weighted by molar-refractivity contribution is -0.127. The van der Waals surface area contributed by atoms with Crippen LogP contribution in [0.3, 0.4) is 0 Å². The van der Waals surface area contributed by atoms with Crippen molar-refractivity contribution in [3.8, 4) is 0 Å². The van der Waals surface area contributed by atoms with Gasteiger partial charge in [-0.05, 0) is 13.3 Å². The lowest BCUT2D eigenvalue weighted by Crippen LogP contribution is -2.28. The van der Waals surface area contributed by atoms with Crippen LogP contribution in [0.4, 0.5) is 0 Å². The molecule has 0 saturated heterocycles. The van der Waals surface area contributed by atoms with Crippen molar-refractivity contribution in [1.29, 1.82) is 0 Å². The minimum absolute atomic E-state index is 0.0000965. The highest BCUT2D eigenvalue weighted by Crippen LogP contribution is 2.09. The zero-order valence-electron chi connectivity index (χ0n) is 10.3. The number of ether oxygens (including phenoxy) is 1. The molecule has 2 N–H and O–H groups in total. The minimum Gasteiger partial charge on any atom is -0.476 e. The average molecular weight is 272 g/mol. The molecule has 0 aliphatic rings. The number of rotatable bonds is 7. The van der Waals surface area contributed by atoms with E-state index in [4.69, 9.17) is 9.84 Å². The molecule has 0 saturated carbocycles. The molecule has 1 amide bonds. The van der Waals surface area contributed by atoms with E-state index in [-0.39, 0.29) is 30.9 Å². The van der Waals surface area contributed by atoms with Crippen molar-refractivity contribution in [3.63, 3.8) is 0 Å². The maximum Gasteiger partial charge on any atom is 0.355 e. The number of amides is 1. The molecule has 1 heterocycles. The number of carbonyl (C=O) groups is 2.